The summed E-state index contributed by atoms with van der Waals surface area (Å²) in [6, 6.07) is 10.8. The Balaban J connectivity index is 1.89. The van der Waals surface area contributed by atoms with Crippen LogP contribution in [0, 0.1) is 0 Å². The summed E-state index contributed by atoms with van der Waals surface area (Å²) >= 11 is 0. The molecule has 2 rings (SSSR count). The van der Waals surface area contributed by atoms with Crippen molar-refractivity contribution in [2.75, 3.05) is 26.2 Å². The molecule has 19 heavy (non-hydrogen) atoms. The minimum absolute atomic E-state index is 0.225. The SMILES string of the molecule is CCN(CC)[C@H]1CCN(Cc2ccccc2)C[C@@H]1O. The van der Waals surface area contributed by atoms with Crippen LogP contribution in [-0.2, 0) is 6.54 Å². The Kier molecular flexibility index (Phi) is 5.37. The third-order valence-electron chi connectivity index (χ3n) is 4.16. The molecule has 0 unspecified atom stereocenters. The first-order valence-corrected chi connectivity index (χ1v) is 7.43. The van der Waals surface area contributed by atoms with E-state index in [0.717, 1.165) is 39.1 Å². The molecule has 1 aromatic rings. The van der Waals surface area contributed by atoms with Crippen LogP contribution in [0.1, 0.15) is 25.8 Å². The summed E-state index contributed by atoms with van der Waals surface area (Å²) in [6.45, 7) is 9.21. The van der Waals surface area contributed by atoms with Crippen LogP contribution in [0.2, 0.25) is 0 Å². The molecule has 0 aromatic heterocycles. The van der Waals surface area contributed by atoms with Gasteiger partial charge in [0.05, 0.1) is 6.10 Å². The van der Waals surface area contributed by atoms with Crippen molar-refractivity contribution in [1.29, 1.82) is 0 Å². The van der Waals surface area contributed by atoms with Crippen molar-refractivity contribution in [2.45, 2.75) is 39.0 Å². The first kappa shape index (κ1) is 14.5. The maximum atomic E-state index is 10.4. The number of hydrogen-bond donors (Lipinski definition) is 1. The van der Waals surface area contributed by atoms with Gasteiger partial charge in [0.15, 0.2) is 0 Å². The van der Waals surface area contributed by atoms with E-state index < -0.39 is 0 Å². The summed E-state index contributed by atoms with van der Waals surface area (Å²) < 4.78 is 0. The van der Waals surface area contributed by atoms with Crippen LogP contribution in [-0.4, -0.2) is 53.2 Å². The summed E-state index contributed by atoms with van der Waals surface area (Å²) in [4.78, 5) is 4.74. The third kappa shape index (κ3) is 3.78. The van der Waals surface area contributed by atoms with Crippen molar-refractivity contribution in [3.63, 3.8) is 0 Å². The molecule has 1 aromatic carbocycles. The number of piperidine rings is 1. The zero-order valence-corrected chi connectivity index (χ0v) is 12.1. The highest BCUT2D eigenvalue weighted by Crippen LogP contribution is 2.18. The van der Waals surface area contributed by atoms with Crippen LogP contribution in [0.15, 0.2) is 30.3 Å². The predicted molar refractivity (Wildman–Crippen MR) is 79.1 cm³/mol. The molecule has 0 bridgehead atoms. The van der Waals surface area contributed by atoms with Crippen molar-refractivity contribution in [3.05, 3.63) is 35.9 Å². The molecule has 1 fully saturated rings. The second-order valence-electron chi connectivity index (χ2n) is 5.37. The van der Waals surface area contributed by atoms with E-state index in [-0.39, 0.29) is 6.10 Å². The number of nitrogens with zero attached hydrogens (tertiary/aromatic N) is 2. The van der Waals surface area contributed by atoms with E-state index in [1.54, 1.807) is 0 Å². The Bertz CT molecular complexity index is 364. The molecular formula is C16H26N2O. The van der Waals surface area contributed by atoms with Crippen LogP contribution in [0.4, 0.5) is 0 Å². The molecule has 0 spiro atoms. The highest BCUT2D eigenvalue weighted by molar-refractivity contribution is 5.14. The molecule has 1 heterocycles. The quantitative estimate of drug-likeness (QED) is 0.879. The van der Waals surface area contributed by atoms with E-state index in [1.807, 2.05) is 6.07 Å². The average Bonchev–Trinajstić information content (AvgIpc) is 2.43. The van der Waals surface area contributed by atoms with E-state index in [1.165, 1.54) is 5.56 Å². The number of hydrogen-bond acceptors (Lipinski definition) is 3. The first-order chi connectivity index (χ1) is 9.24. The molecule has 3 nitrogen and oxygen atoms in total. The van der Waals surface area contributed by atoms with Crippen LogP contribution in [0.3, 0.4) is 0 Å². The average molecular weight is 262 g/mol. The molecule has 3 heteroatoms. The van der Waals surface area contributed by atoms with Gasteiger partial charge in [0.1, 0.15) is 0 Å². The van der Waals surface area contributed by atoms with Crippen LogP contribution >= 0.6 is 0 Å². The number of aliphatic hydroxyl groups is 1. The number of likely N-dealkylation sites (tertiary alicyclic amines) is 1. The lowest BCUT2D eigenvalue weighted by molar-refractivity contribution is -0.0120. The highest BCUT2D eigenvalue weighted by Gasteiger charge is 2.30. The van der Waals surface area contributed by atoms with Gasteiger partial charge in [-0.15, -0.1) is 0 Å². The molecule has 106 valence electrons. The van der Waals surface area contributed by atoms with Gasteiger partial charge in [-0.25, -0.2) is 0 Å². The third-order valence-corrected chi connectivity index (χ3v) is 4.16. The van der Waals surface area contributed by atoms with Crippen LogP contribution in [0.25, 0.3) is 0 Å². The number of rotatable bonds is 5. The fourth-order valence-corrected chi connectivity index (χ4v) is 3.09. The lowest BCUT2D eigenvalue weighted by atomic mass is 9.99. The summed E-state index contributed by atoms with van der Waals surface area (Å²) in [6.07, 6.45) is 0.840. The van der Waals surface area contributed by atoms with Gasteiger partial charge >= 0.3 is 0 Å². The summed E-state index contributed by atoms with van der Waals surface area (Å²) in [7, 11) is 0. The molecule has 2 atom stereocenters. The van der Waals surface area contributed by atoms with Crippen LogP contribution < -0.4 is 0 Å². The van der Waals surface area contributed by atoms with E-state index in [4.69, 9.17) is 0 Å². The number of benzene rings is 1. The van der Waals surface area contributed by atoms with E-state index in [0.29, 0.717) is 6.04 Å². The van der Waals surface area contributed by atoms with E-state index in [9.17, 15) is 5.11 Å². The molecule has 1 saturated heterocycles. The van der Waals surface area contributed by atoms with Crippen molar-refractivity contribution < 1.29 is 5.11 Å². The Hall–Kier alpha value is -0.900. The summed E-state index contributed by atoms with van der Waals surface area (Å²) in [5.74, 6) is 0. The lowest BCUT2D eigenvalue weighted by Gasteiger charge is -2.41. The van der Waals surface area contributed by atoms with Gasteiger partial charge < -0.3 is 5.11 Å². The Morgan fingerprint density at radius 3 is 2.47 bits per heavy atom. The van der Waals surface area contributed by atoms with Gasteiger partial charge in [0, 0.05) is 25.7 Å². The van der Waals surface area contributed by atoms with E-state index in [2.05, 4.69) is 47.9 Å². The Morgan fingerprint density at radius 2 is 1.89 bits per heavy atom. The smallest absolute Gasteiger partial charge is 0.0822 e. The number of aliphatic hydroxyl groups excluding tert-OH is 1. The highest BCUT2D eigenvalue weighted by atomic mass is 16.3. The standard InChI is InChI=1S/C16H26N2O/c1-3-18(4-2)15-10-11-17(13-16(15)19)12-14-8-6-5-7-9-14/h5-9,15-16,19H,3-4,10-13H2,1-2H3/t15-,16-/m0/s1. The largest absolute Gasteiger partial charge is 0.390 e. The number of likely N-dealkylation sites (N-methyl/N-ethyl adjacent to an activating group) is 1. The molecule has 1 aliphatic rings. The van der Waals surface area contributed by atoms with E-state index >= 15 is 0 Å². The molecule has 0 radical (unpaired) electrons. The topological polar surface area (TPSA) is 26.7 Å². The zero-order chi connectivity index (χ0) is 13.7. The van der Waals surface area contributed by atoms with Gasteiger partial charge in [-0.1, -0.05) is 44.2 Å². The van der Waals surface area contributed by atoms with Gasteiger partial charge in [0.25, 0.3) is 0 Å². The monoisotopic (exact) mass is 262 g/mol. The minimum Gasteiger partial charge on any atom is -0.390 e. The maximum Gasteiger partial charge on any atom is 0.0822 e. The molecule has 0 amide bonds. The van der Waals surface area contributed by atoms with Gasteiger partial charge in [-0.05, 0) is 25.1 Å². The van der Waals surface area contributed by atoms with Crippen molar-refractivity contribution in [1.82, 2.24) is 9.80 Å². The van der Waals surface area contributed by atoms with Gasteiger partial charge in [0.2, 0.25) is 0 Å². The molecule has 0 saturated carbocycles. The molecule has 1 aliphatic heterocycles. The summed E-state index contributed by atoms with van der Waals surface area (Å²) in [5.41, 5.74) is 1.33. The minimum atomic E-state index is -0.225. The Labute approximate surface area is 116 Å². The van der Waals surface area contributed by atoms with Crippen molar-refractivity contribution in [2.24, 2.45) is 0 Å². The predicted octanol–water partition coefficient (Wildman–Crippen LogP) is 1.96. The number of β-amino-alcohol motifs (C(OH)–C–C–N with tert-alkyl or cyclic N) is 1. The normalized spacial score (nSPS) is 24.8. The van der Waals surface area contributed by atoms with Gasteiger partial charge in [-0.2, -0.15) is 0 Å². The van der Waals surface area contributed by atoms with Crippen molar-refractivity contribution >= 4 is 0 Å². The molecular weight excluding hydrogens is 236 g/mol. The second-order valence-corrected chi connectivity index (χ2v) is 5.37. The van der Waals surface area contributed by atoms with Gasteiger partial charge in [-0.3, -0.25) is 9.80 Å². The zero-order valence-electron chi connectivity index (χ0n) is 12.1. The fraction of sp³-hybridized carbons (Fsp3) is 0.625. The molecule has 1 N–H and O–H groups in total. The first-order valence-electron chi connectivity index (χ1n) is 7.43. The lowest BCUT2D eigenvalue weighted by Crippen LogP contribution is -2.53. The molecule has 0 aliphatic carbocycles. The Morgan fingerprint density at radius 1 is 1.21 bits per heavy atom. The summed E-state index contributed by atoms with van der Waals surface area (Å²) in [5, 5.41) is 10.4. The maximum absolute atomic E-state index is 10.4. The second kappa shape index (κ2) is 7.04. The van der Waals surface area contributed by atoms with Crippen LogP contribution in [0.5, 0.6) is 0 Å². The van der Waals surface area contributed by atoms with Crippen molar-refractivity contribution in [3.8, 4) is 0 Å². The fourth-order valence-electron chi connectivity index (χ4n) is 3.09.